The highest BCUT2D eigenvalue weighted by molar-refractivity contribution is 8.14. The number of benzene rings is 2. The lowest BCUT2D eigenvalue weighted by atomic mass is 9.96. The Hall–Kier alpha value is -2.32. The van der Waals surface area contributed by atoms with Crippen LogP contribution in [0.1, 0.15) is 42.4 Å². The summed E-state index contributed by atoms with van der Waals surface area (Å²) < 4.78 is 14.8. The summed E-state index contributed by atoms with van der Waals surface area (Å²) in [7, 11) is 1.71. The fraction of sp³-hybridized carbons (Fsp3) is 0.529. The zero-order chi connectivity index (χ0) is 28.7. The first-order chi connectivity index (χ1) is 19.8. The first-order valence-electron chi connectivity index (χ1n) is 15.4. The Morgan fingerprint density at radius 2 is 1.46 bits per heavy atom. The van der Waals surface area contributed by atoms with E-state index < -0.39 is 10.5 Å². The molecule has 1 aromatic heterocycles. The second-order valence-electron chi connectivity index (χ2n) is 12.6. The molecule has 3 aliphatic rings. The third-order valence-electron chi connectivity index (χ3n) is 9.94. The molecule has 220 valence electrons. The zero-order valence-electron chi connectivity index (χ0n) is 25.3. The van der Waals surface area contributed by atoms with E-state index in [1.807, 2.05) is 20.0 Å². The molecule has 1 unspecified atom stereocenters. The van der Waals surface area contributed by atoms with Crippen LogP contribution in [0.5, 0.6) is 0 Å². The summed E-state index contributed by atoms with van der Waals surface area (Å²) in [6.07, 6.45) is 6.97. The number of pyridine rings is 1. The number of piperazine rings is 1. The van der Waals surface area contributed by atoms with Crippen LogP contribution in [0.25, 0.3) is 10.9 Å². The van der Waals surface area contributed by atoms with Crippen molar-refractivity contribution in [2.24, 2.45) is 0 Å². The van der Waals surface area contributed by atoms with Gasteiger partial charge in [-0.3, -0.25) is 9.88 Å². The van der Waals surface area contributed by atoms with Gasteiger partial charge in [0.15, 0.2) is 0 Å². The summed E-state index contributed by atoms with van der Waals surface area (Å²) in [5, 5.41) is 1.19. The maximum Gasteiger partial charge on any atom is 0.127 e. The van der Waals surface area contributed by atoms with Gasteiger partial charge in [0.05, 0.1) is 11.2 Å². The Labute approximate surface area is 248 Å². The number of piperidine rings is 2. The molecule has 0 radical (unpaired) electrons. The van der Waals surface area contributed by atoms with Gasteiger partial charge in [0.1, 0.15) is 5.82 Å². The van der Waals surface area contributed by atoms with Crippen LogP contribution < -0.4 is 4.90 Å². The predicted molar refractivity (Wildman–Crippen MR) is 172 cm³/mol. The molecule has 0 aliphatic carbocycles. The molecule has 3 aliphatic heterocycles. The van der Waals surface area contributed by atoms with Gasteiger partial charge in [0.2, 0.25) is 0 Å². The van der Waals surface area contributed by atoms with Crippen molar-refractivity contribution in [3.63, 3.8) is 0 Å². The summed E-state index contributed by atoms with van der Waals surface area (Å²) in [4.78, 5) is 17.5. The Balaban J connectivity index is 1.20. The van der Waals surface area contributed by atoms with Gasteiger partial charge < -0.3 is 14.7 Å². The number of nitrogens with zero attached hydrogens (tertiary/aromatic N) is 5. The minimum atomic E-state index is -0.536. The van der Waals surface area contributed by atoms with Crippen LogP contribution in [-0.4, -0.2) is 97.0 Å². The van der Waals surface area contributed by atoms with Gasteiger partial charge in [-0.25, -0.2) is 4.39 Å². The van der Waals surface area contributed by atoms with E-state index in [-0.39, 0.29) is 5.82 Å². The van der Waals surface area contributed by atoms with Gasteiger partial charge >= 0.3 is 0 Å². The van der Waals surface area contributed by atoms with Crippen LogP contribution in [0.4, 0.5) is 10.1 Å². The highest BCUT2D eigenvalue weighted by Gasteiger charge is 2.32. The molecule has 3 fully saturated rings. The lowest BCUT2D eigenvalue weighted by Gasteiger charge is -2.46. The van der Waals surface area contributed by atoms with E-state index in [1.54, 1.807) is 6.07 Å². The van der Waals surface area contributed by atoms with Crippen molar-refractivity contribution in [3.8, 4) is 0 Å². The Kier molecular flexibility index (Phi) is 8.51. The quantitative estimate of drug-likeness (QED) is 0.343. The highest BCUT2D eigenvalue weighted by atomic mass is 32.2. The van der Waals surface area contributed by atoms with Crippen LogP contribution in [-0.2, 0) is 0 Å². The number of aryl methyl sites for hydroxylation is 2. The SMILES string of the molecule is C=S(c1cc(C)c(C)c(F)c1)c1cnc2ccc(C)cc2c1N1CCC(N2CCC(N3CCN(C)CC3)CC2)CC1. The number of likely N-dealkylation sites (tertiary alicyclic amines) is 1. The third kappa shape index (κ3) is 5.96. The Morgan fingerprint density at radius 1 is 0.829 bits per heavy atom. The van der Waals surface area contributed by atoms with Crippen LogP contribution in [0.3, 0.4) is 0 Å². The Morgan fingerprint density at radius 3 is 2.12 bits per heavy atom. The van der Waals surface area contributed by atoms with Crippen molar-refractivity contribution < 1.29 is 4.39 Å². The number of anilines is 1. The van der Waals surface area contributed by atoms with Crippen molar-refractivity contribution in [2.75, 3.05) is 64.3 Å². The topological polar surface area (TPSA) is 25.9 Å². The molecule has 6 rings (SSSR count). The number of hydrogen-bond donors (Lipinski definition) is 0. The first-order valence-corrected chi connectivity index (χ1v) is 16.8. The van der Waals surface area contributed by atoms with Crippen molar-refractivity contribution in [1.29, 1.82) is 0 Å². The number of aromatic nitrogens is 1. The predicted octanol–water partition coefficient (Wildman–Crippen LogP) is 6.10. The molecule has 7 heteroatoms. The monoisotopic (exact) mass is 575 g/mol. The largest absolute Gasteiger partial charge is 0.370 e. The van der Waals surface area contributed by atoms with E-state index in [1.165, 1.54) is 81.6 Å². The fourth-order valence-electron chi connectivity index (χ4n) is 7.09. The fourth-order valence-corrected chi connectivity index (χ4v) is 8.56. The van der Waals surface area contributed by atoms with Crippen LogP contribution in [0, 0.1) is 26.6 Å². The van der Waals surface area contributed by atoms with E-state index in [4.69, 9.17) is 4.98 Å². The standard InChI is InChI=1S/C34H46FN5S/c1-24-6-7-32-30(20-24)34(33(23-36-32)41(5)29-21-25(2)26(3)31(35)22-29)40-14-10-27(11-15-40)38-12-8-28(9-13-38)39-18-16-37(4)17-19-39/h6-7,20-23,27-28H,5,8-19H2,1-4H3. The average molecular weight is 576 g/mol. The molecule has 0 bridgehead atoms. The zero-order valence-corrected chi connectivity index (χ0v) is 26.1. The number of halogens is 1. The average Bonchev–Trinajstić information content (AvgIpc) is 2.99. The summed E-state index contributed by atoms with van der Waals surface area (Å²) in [5.41, 5.74) is 5.20. The van der Waals surface area contributed by atoms with Crippen LogP contribution in [0.2, 0.25) is 0 Å². The van der Waals surface area contributed by atoms with Gasteiger partial charge in [0.25, 0.3) is 0 Å². The second kappa shape index (κ2) is 12.1. The van der Waals surface area contributed by atoms with Crippen molar-refractivity contribution in [1.82, 2.24) is 19.7 Å². The Bertz CT molecular complexity index is 1390. The molecule has 2 aromatic carbocycles. The minimum absolute atomic E-state index is 0.149. The summed E-state index contributed by atoms with van der Waals surface area (Å²) >= 11 is 0. The highest BCUT2D eigenvalue weighted by Crippen LogP contribution is 2.45. The smallest absolute Gasteiger partial charge is 0.127 e. The lowest BCUT2D eigenvalue weighted by Crippen LogP contribution is -2.54. The van der Waals surface area contributed by atoms with E-state index >= 15 is 0 Å². The molecule has 0 N–H and O–H groups in total. The summed E-state index contributed by atoms with van der Waals surface area (Å²) in [5.74, 6) is 4.44. The van der Waals surface area contributed by atoms with E-state index in [0.717, 1.165) is 40.0 Å². The summed E-state index contributed by atoms with van der Waals surface area (Å²) in [6.45, 7) is 15.4. The first kappa shape index (κ1) is 28.8. The third-order valence-corrected chi connectivity index (χ3v) is 11.6. The van der Waals surface area contributed by atoms with Gasteiger partial charge in [-0.2, -0.15) is 0 Å². The number of rotatable bonds is 5. The molecule has 3 saturated heterocycles. The second-order valence-corrected chi connectivity index (χ2v) is 14.2. The molecular weight excluding hydrogens is 529 g/mol. The van der Waals surface area contributed by atoms with Crippen molar-refractivity contribution in [3.05, 3.63) is 59.0 Å². The normalized spacial score (nSPS) is 21.5. The molecule has 41 heavy (non-hydrogen) atoms. The molecule has 0 spiro atoms. The number of hydrogen-bond acceptors (Lipinski definition) is 5. The summed E-state index contributed by atoms with van der Waals surface area (Å²) in [6, 6.07) is 11.8. The maximum atomic E-state index is 14.8. The van der Waals surface area contributed by atoms with Gasteiger partial charge in [-0.05, 0) is 102 Å². The minimum Gasteiger partial charge on any atom is -0.370 e. The van der Waals surface area contributed by atoms with E-state index in [0.29, 0.717) is 11.6 Å². The molecule has 0 amide bonds. The number of likely N-dealkylation sites (N-methyl/N-ethyl adjacent to an activating group) is 1. The molecule has 0 saturated carbocycles. The molecule has 3 aromatic rings. The molecule has 1 atom stereocenters. The lowest BCUT2D eigenvalue weighted by molar-refractivity contribution is 0.0495. The van der Waals surface area contributed by atoms with Crippen LogP contribution >= 0.6 is 10.5 Å². The number of fused-ring (bicyclic) bond motifs is 1. The molecule has 4 heterocycles. The van der Waals surface area contributed by atoms with Gasteiger partial charge in [0, 0.05) is 72.7 Å². The molecule has 5 nitrogen and oxygen atoms in total. The van der Waals surface area contributed by atoms with Crippen LogP contribution in [0.15, 0.2) is 46.3 Å². The van der Waals surface area contributed by atoms with Gasteiger partial charge in [-0.1, -0.05) is 17.5 Å². The van der Waals surface area contributed by atoms with E-state index in [2.05, 4.69) is 63.7 Å². The maximum absolute atomic E-state index is 14.8. The molecular formula is C34H46FN5S. The van der Waals surface area contributed by atoms with E-state index in [9.17, 15) is 4.39 Å². The van der Waals surface area contributed by atoms with Gasteiger partial charge in [-0.15, -0.1) is 10.5 Å². The van der Waals surface area contributed by atoms with Crippen molar-refractivity contribution in [2.45, 2.75) is 68.3 Å². The van der Waals surface area contributed by atoms with Crippen molar-refractivity contribution >= 4 is 32.9 Å².